The Balaban J connectivity index is 3.15. The van der Waals surface area contributed by atoms with Gasteiger partial charge in [0.05, 0.1) is 0 Å². The summed E-state index contributed by atoms with van der Waals surface area (Å²) < 4.78 is 0. The Bertz CT molecular complexity index is 265. The fourth-order valence-electron chi connectivity index (χ4n) is 4.89. The van der Waals surface area contributed by atoms with Crippen molar-refractivity contribution in [1.29, 1.82) is 0 Å². The van der Waals surface area contributed by atoms with E-state index in [1.807, 2.05) is 0 Å². The van der Waals surface area contributed by atoms with Crippen molar-refractivity contribution >= 4 is 0 Å². The van der Waals surface area contributed by atoms with E-state index < -0.39 is 0 Å². The highest BCUT2D eigenvalue weighted by molar-refractivity contribution is 5.01. The number of hydrogen-bond acceptors (Lipinski definition) is 1. The molecule has 0 aromatic carbocycles. The molecule has 0 aromatic heterocycles. The van der Waals surface area contributed by atoms with Crippen LogP contribution in [0, 0.1) is 29.6 Å². The van der Waals surface area contributed by atoms with E-state index in [1.54, 1.807) is 0 Å². The first-order valence-corrected chi connectivity index (χ1v) is 7.87. The molecule has 1 aliphatic rings. The van der Waals surface area contributed by atoms with Crippen molar-refractivity contribution in [1.82, 2.24) is 4.90 Å². The van der Waals surface area contributed by atoms with Crippen LogP contribution < -0.4 is 0 Å². The fourth-order valence-corrected chi connectivity index (χ4v) is 4.89. The minimum Gasteiger partial charge on any atom is -0.295 e. The SMILES string of the molecule is CC(C)C1C(C)CN(C(C)C)C(C)(C)C1C(C)C. The molecule has 0 spiro atoms. The highest BCUT2D eigenvalue weighted by atomic mass is 15.2. The van der Waals surface area contributed by atoms with Crippen LogP contribution in [0.15, 0.2) is 0 Å². The Hall–Kier alpha value is -0.0400. The highest BCUT2D eigenvalue weighted by Crippen LogP contribution is 2.47. The van der Waals surface area contributed by atoms with Gasteiger partial charge in [-0.2, -0.15) is 0 Å². The summed E-state index contributed by atoms with van der Waals surface area (Å²) >= 11 is 0. The molecule has 0 amide bonds. The summed E-state index contributed by atoms with van der Waals surface area (Å²) in [4.78, 5) is 2.74. The van der Waals surface area contributed by atoms with E-state index in [4.69, 9.17) is 0 Å². The molecule has 108 valence electrons. The van der Waals surface area contributed by atoms with Crippen LogP contribution in [0.1, 0.15) is 62.3 Å². The fraction of sp³-hybridized carbons (Fsp3) is 1.00. The van der Waals surface area contributed by atoms with Crippen LogP contribution in [0.25, 0.3) is 0 Å². The molecule has 3 atom stereocenters. The zero-order valence-corrected chi connectivity index (χ0v) is 14.1. The van der Waals surface area contributed by atoms with Crippen molar-refractivity contribution in [3.8, 4) is 0 Å². The van der Waals surface area contributed by atoms with Crippen molar-refractivity contribution in [3.05, 3.63) is 0 Å². The zero-order chi connectivity index (χ0) is 14.2. The maximum absolute atomic E-state index is 2.74. The molecule has 1 rings (SSSR count). The molecular weight excluding hydrogens is 218 g/mol. The third kappa shape index (κ3) is 2.76. The van der Waals surface area contributed by atoms with Gasteiger partial charge in [-0.3, -0.25) is 4.90 Å². The Labute approximate surface area is 115 Å². The second-order valence-corrected chi connectivity index (χ2v) is 7.97. The molecule has 1 heteroatoms. The van der Waals surface area contributed by atoms with Crippen molar-refractivity contribution in [3.63, 3.8) is 0 Å². The molecule has 1 aliphatic heterocycles. The smallest absolute Gasteiger partial charge is 0.0189 e. The molecule has 0 aliphatic carbocycles. The van der Waals surface area contributed by atoms with Crippen LogP contribution in [0.2, 0.25) is 0 Å². The van der Waals surface area contributed by atoms with E-state index in [-0.39, 0.29) is 0 Å². The molecule has 0 radical (unpaired) electrons. The van der Waals surface area contributed by atoms with Crippen LogP contribution in [0.4, 0.5) is 0 Å². The summed E-state index contributed by atoms with van der Waals surface area (Å²) in [6, 6.07) is 0.650. The van der Waals surface area contributed by atoms with Crippen molar-refractivity contribution < 1.29 is 0 Å². The summed E-state index contributed by atoms with van der Waals surface area (Å²) in [6.07, 6.45) is 0. The summed E-state index contributed by atoms with van der Waals surface area (Å²) in [7, 11) is 0. The molecule has 1 fully saturated rings. The Morgan fingerprint density at radius 1 is 0.944 bits per heavy atom. The van der Waals surface area contributed by atoms with Gasteiger partial charge in [-0.05, 0) is 57.3 Å². The predicted molar refractivity (Wildman–Crippen MR) is 81.7 cm³/mol. The lowest BCUT2D eigenvalue weighted by atomic mass is 9.60. The molecule has 1 saturated heterocycles. The maximum Gasteiger partial charge on any atom is 0.0189 e. The normalized spacial score (nSPS) is 33.7. The number of hydrogen-bond donors (Lipinski definition) is 0. The number of piperidine rings is 1. The van der Waals surface area contributed by atoms with Crippen LogP contribution in [0.5, 0.6) is 0 Å². The predicted octanol–water partition coefficient (Wildman–Crippen LogP) is 4.67. The van der Waals surface area contributed by atoms with Gasteiger partial charge in [-0.25, -0.2) is 0 Å². The van der Waals surface area contributed by atoms with Gasteiger partial charge in [0.25, 0.3) is 0 Å². The Morgan fingerprint density at radius 3 is 1.78 bits per heavy atom. The minimum atomic E-state index is 0.323. The summed E-state index contributed by atoms with van der Waals surface area (Å²) in [5.41, 5.74) is 0.323. The van der Waals surface area contributed by atoms with Crippen molar-refractivity contribution in [2.75, 3.05) is 6.54 Å². The van der Waals surface area contributed by atoms with Crippen LogP contribution in [-0.2, 0) is 0 Å². The zero-order valence-electron chi connectivity index (χ0n) is 14.1. The topological polar surface area (TPSA) is 3.24 Å². The summed E-state index contributed by atoms with van der Waals surface area (Å²) in [5.74, 6) is 4.02. The summed E-state index contributed by atoms with van der Waals surface area (Å²) in [6.45, 7) is 23.0. The van der Waals surface area contributed by atoms with Crippen LogP contribution >= 0.6 is 0 Å². The number of rotatable bonds is 3. The first kappa shape index (κ1) is 16.0. The van der Waals surface area contributed by atoms with Gasteiger partial charge < -0.3 is 0 Å². The van der Waals surface area contributed by atoms with E-state index in [0.717, 1.165) is 29.6 Å². The average Bonchev–Trinajstić information content (AvgIpc) is 2.18. The van der Waals surface area contributed by atoms with E-state index in [9.17, 15) is 0 Å². The first-order valence-electron chi connectivity index (χ1n) is 7.87. The van der Waals surface area contributed by atoms with E-state index in [2.05, 4.69) is 67.2 Å². The van der Waals surface area contributed by atoms with Gasteiger partial charge in [0.15, 0.2) is 0 Å². The third-order valence-electron chi connectivity index (χ3n) is 5.22. The van der Waals surface area contributed by atoms with Crippen LogP contribution in [0.3, 0.4) is 0 Å². The maximum atomic E-state index is 2.74. The molecular formula is C17H35N. The van der Waals surface area contributed by atoms with Gasteiger partial charge in [0.1, 0.15) is 0 Å². The highest BCUT2D eigenvalue weighted by Gasteiger charge is 2.49. The minimum absolute atomic E-state index is 0.323. The molecule has 18 heavy (non-hydrogen) atoms. The molecule has 0 N–H and O–H groups in total. The monoisotopic (exact) mass is 253 g/mol. The molecule has 0 aromatic rings. The Kier molecular flexibility index (Phi) is 4.92. The van der Waals surface area contributed by atoms with Crippen molar-refractivity contribution in [2.24, 2.45) is 29.6 Å². The van der Waals surface area contributed by atoms with E-state index in [0.29, 0.717) is 11.6 Å². The average molecular weight is 253 g/mol. The Morgan fingerprint density at radius 2 is 1.44 bits per heavy atom. The molecule has 1 heterocycles. The largest absolute Gasteiger partial charge is 0.295 e. The number of nitrogens with zero attached hydrogens (tertiary/aromatic N) is 1. The third-order valence-corrected chi connectivity index (χ3v) is 5.22. The first-order chi connectivity index (χ1) is 8.10. The molecule has 1 nitrogen and oxygen atoms in total. The van der Waals surface area contributed by atoms with Gasteiger partial charge in [-0.15, -0.1) is 0 Å². The standard InChI is InChI=1S/C17H35N/c1-11(2)15-14(7)10-18(13(5)6)17(8,9)16(15)12(3)4/h11-16H,10H2,1-9H3. The van der Waals surface area contributed by atoms with Gasteiger partial charge in [0.2, 0.25) is 0 Å². The van der Waals surface area contributed by atoms with Gasteiger partial charge in [0, 0.05) is 18.1 Å². The molecule has 0 saturated carbocycles. The van der Waals surface area contributed by atoms with Crippen molar-refractivity contribution in [2.45, 2.75) is 73.9 Å². The molecule has 3 unspecified atom stereocenters. The van der Waals surface area contributed by atoms with E-state index in [1.165, 1.54) is 6.54 Å². The lowest BCUT2D eigenvalue weighted by Crippen LogP contribution is -2.63. The molecule has 0 bridgehead atoms. The summed E-state index contributed by atoms with van der Waals surface area (Å²) in [5, 5.41) is 0. The van der Waals surface area contributed by atoms with E-state index >= 15 is 0 Å². The number of likely N-dealkylation sites (tertiary alicyclic amines) is 1. The van der Waals surface area contributed by atoms with Gasteiger partial charge >= 0.3 is 0 Å². The lowest BCUT2D eigenvalue weighted by molar-refractivity contribution is -0.0940. The van der Waals surface area contributed by atoms with Crippen LogP contribution in [-0.4, -0.2) is 23.0 Å². The second-order valence-electron chi connectivity index (χ2n) is 7.97. The van der Waals surface area contributed by atoms with Gasteiger partial charge in [-0.1, -0.05) is 34.6 Å². The quantitative estimate of drug-likeness (QED) is 0.706. The lowest BCUT2D eigenvalue weighted by Gasteiger charge is -2.58. The second kappa shape index (κ2) is 5.53.